The lowest BCUT2D eigenvalue weighted by Crippen LogP contribution is -2.00. The van der Waals surface area contributed by atoms with Crippen LogP contribution in [0.2, 0.25) is 5.02 Å². The Balaban J connectivity index is 2.35. The minimum Gasteiger partial charge on any atom is -0.478 e. The molecule has 6 nitrogen and oxygen atoms in total. The third-order valence-electron chi connectivity index (χ3n) is 1.95. The molecule has 0 aliphatic heterocycles. The molecule has 0 atom stereocenters. The first-order chi connectivity index (χ1) is 8.06. The largest absolute Gasteiger partial charge is 0.478 e. The molecule has 0 aliphatic carbocycles. The number of nitrogens with zero attached hydrogens (tertiary/aromatic N) is 3. The summed E-state index contributed by atoms with van der Waals surface area (Å²) in [7, 11) is 1.68. The van der Waals surface area contributed by atoms with E-state index in [1.165, 1.54) is 29.2 Å². The van der Waals surface area contributed by atoms with Gasteiger partial charge in [-0.25, -0.2) is 4.79 Å². The molecule has 1 heterocycles. The van der Waals surface area contributed by atoms with E-state index in [1.807, 2.05) is 0 Å². The van der Waals surface area contributed by atoms with Gasteiger partial charge in [-0.3, -0.25) is 4.68 Å². The molecule has 88 valence electrons. The van der Waals surface area contributed by atoms with E-state index in [1.54, 1.807) is 7.05 Å². The van der Waals surface area contributed by atoms with Gasteiger partial charge in [0.1, 0.15) is 17.6 Å². The number of carboxylic acids is 1. The first-order valence-electron chi connectivity index (χ1n) is 4.62. The van der Waals surface area contributed by atoms with Crippen LogP contribution in [0.15, 0.2) is 24.5 Å². The molecule has 0 radical (unpaired) electrons. The normalized spacial score (nSPS) is 10.2. The second-order valence-corrected chi connectivity index (χ2v) is 3.68. The maximum Gasteiger partial charge on any atom is 0.341 e. The second kappa shape index (κ2) is 4.42. The molecule has 0 aliphatic rings. The smallest absolute Gasteiger partial charge is 0.341 e. The third kappa shape index (κ3) is 2.54. The van der Waals surface area contributed by atoms with Gasteiger partial charge in [0.25, 0.3) is 0 Å². The minimum atomic E-state index is -1.13. The van der Waals surface area contributed by atoms with Crippen LogP contribution in [0.3, 0.4) is 0 Å². The van der Waals surface area contributed by atoms with Crippen molar-refractivity contribution in [3.8, 4) is 11.8 Å². The van der Waals surface area contributed by atoms with Crippen molar-refractivity contribution in [2.24, 2.45) is 7.05 Å². The van der Waals surface area contributed by atoms with Crippen LogP contribution in [0, 0.1) is 0 Å². The Hall–Kier alpha value is -2.08. The fourth-order valence-corrected chi connectivity index (χ4v) is 1.40. The number of rotatable bonds is 3. The molecular weight excluding hydrogens is 246 g/mol. The van der Waals surface area contributed by atoms with Gasteiger partial charge in [-0.2, -0.15) is 4.98 Å². The number of aromatic carboxylic acids is 1. The number of hydrogen-bond donors (Lipinski definition) is 1. The number of benzene rings is 1. The summed E-state index contributed by atoms with van der Waals surface area (Å²) in [5, 5.41) is 13.2. The highest BCUT2D eigenvalue weighted by Crippen LogP contribution is 2.26. The topological polar surface area (TPSA) is 77.2 Å². The molecule has 2 aromatic rings. The molecule has 0 saturated heterocycles. The van der Waals surface area contributed by atoms with Crippen molar-refractivity contribution in [2.75, 3.05) is 0 Å². The van der Waals surface area contributed by atoms with E-state index in [0.29, 0.717) is 5.02 Å². The Labute approximate surface area is 101 Å². The SMILES string of the molecule is Cn1cnc(Oc2ccc(Cl)cc2C(=O)O)n1. The summed E-state index contributed by atoms with van der Waals surface area (Å²) >= 11 is 5.71. The lowest BCUT2D eigenvalue weighted by atomic mass is 10.2. The summed E-state index contributed by atoms with van der Waals surface area (Å²) in [5.41, 5.74) is -0.0371. The number of carboxylic acid groups (broad SMARTS) is 1. The molecule has 2 rings (SSSR count). The summed E-state index contributed by atoms with van der Waals surface area (Å²) in [5.74, 6) is -0.980. The lowest BCUT2D eigenvalue weighted by Gasteiger charge is -2.05. The standard InChI is InChI=1S/C10H8ClN3O3/c1-14-5-12-10(13-14)17-8-3-2-6(11)4-7(8)9(15)16/h2-5H,1H3,(H,15,16). The Morgan fingerprint density at radius 3 is 2.88 bits per heavy atom. The van der Waals surface area contributed by atoms with E-state index in [-0.39, 0.29) is 17.3 Å². The molecule has 1 aromatic carbocycles. The minimum absolute atomic E-state index is 0.0371. The Morgan fingerprint density at radius 2 is 2.29 bits per heavy atom. The molecular formula is C10H8ClN3O3. The van der Waals surface area contributed by atoms with Gasteiger partial charge in [-0.15, -0.1) is 5.10 Å². The highest BCUT2D eigenvalue weighted by molar-refractivity contribution is 6.31. The van der Waals surface area contributed by atoms with Crippen LogP contribution in [0.5, 0.6) is 11.8 Å². The van der Waals surface area contributed by atoms with Gasteiger partial charge in [-0.1, -0.05) is 11.6 Å². The van der Waals surface area contributed by atoms with Gasteiger partial charge in [0, 0.05) is 12.1 Å². The maximum absolute atomic E-state index is 11.0. The number of aromatic nitrogens is 3. The summed E-state index contributed by atoms with van der Waals surface area (Å²) in [6.45, 7) is 0. The molecule has 1 aromatic heterocycles. The van der Waals surface area contributed by atoms with Crippen molar-refractivity contribution in [1.29, 1.82) is 0 Å². The molecule has 7 heteroatoms. The number of aryl methyl sites for hydroxylation is 1. The first-order valence-corrected chi connectivity index (χ1v) is 5.00. The quantitative estimate of drug-likeness (QED) is 0.905. The predicted octanol–water partition coefficient (Wildman–Crippen LogP) is 1.96. The van der Waals surface area contributed by atoms with Crippen LogP contribution in [0.1, 0.15) is 10.4 Å². The van der Waals surface area contributed by atoms with Crippen LogP contribution in [-0.4, -0.2) is 25.8 Å². The predicted molar refractivity (Wildman–Crippen MR) is 59.5 cm³/mol. The average molecular weight is 254 g/mol. The zero-order valence-electron chi connectivity index (χ0n) is 8.79. The Bertz CT molecular complexity index is 568. The third-order valence-corrected chi connectivity index (χ3v) is 2.19. The van der Waals surface area contributed by atoms with Crippen molar-refractivity contribution in [1.82, 2.24) is 14.8 Å². The highest BCUT2D eigenvalue weighted by atomic mass is 35.5. The van der Waals surface area contributed by atoms with Crippen LogP contribution in [0.4, 0.5) is 0 Å². The van der Waals surface area contributed by atoms with Gasteiger partial charge < -0.3 is 9.84 Å². The van der Waals surface area contributed by atoms with E-state index < -0.39 is 5.97 Å². The molecule has 0 spiro atoms. The number of carbonyl (C=O) groups is 1. The van der Waals surface area contributed by atoms with E-state index in [9.17, 15) is 4.79 Å². The second-order valence-electron chi connectivity index (χ2n) is 3.25. The zero-order chi connectivity index (χ0) is 12.4. The molecule has 0 amide bonds. The fraction of sp³-hybridized carbons (Fsp3) is 0.100. The summed E-state index contributed by atoms with van der Waals surface area (Å²) in [6.07, 6.45) is 1.45. The maximum atomic E-state index is 11.0. The molecule has 0 unspecified atom stereocenters. The summed E-state index contributed by atoms with van der Waals surface area (Å²) < 4.78 is 6.71. The summed E-state index contributed by atoms with van der Waals surface area (Å²) in [4.78, 5) is 14.8. The first kappa shape index (κ1) is 11.4. The Kier molecular flexibility index (Phi) is 2.97. The molecule has 0 saturated carbocycles. The molecule has 17 heavy (non-hydrogen) atoms. The van der Waals surface area contributed by atoms with Crippen molar-refractivity contribution in [3.05, 3.63) is 35.1 Å². The van der Waals surface area contributed by atoms with Crippen molar-refractivity contribution < 1.29 is 14.6 Å². The fourth-order valence-electron chi connectivity index (χ4n) is 1.22. The van der Waals surface area contributed by atoms with Gasteiger partial charge in [0.15, 0.2) is 0 Å². The van der Waals surface area contributed by atoms with Crippen molar-refractivity contribution >= 4 is 17.6 Å². The van der Waals surface area contributed by atoms with Crippen LogP contribution in [-0.2, 0) is 7.05 Å². The zero-order valence-corrected chi connectivity index (χ0v) is 9.55. The highest BCUT2D eigenvalue weighted by Gasteiger charge is 2.14. The van der Waals surface area contributed by atoms with E-state index in [0.717, 1.165) is 0 Å². The molecule has 1 N–H and O–H groups in total. The van der Waals surface area contributed by atoms with Crippen molar-refractivity contribution in [2.45, 2.75) is 0 Å². The Morgan fingerprint density at radius 1 is 1.53 bits per heavy atom. The van der Waals surface area contributed by atoms with Gasteiger partial charge in [0.2, 0.25) is 0 Å². The van der Waals surface area contributed by atoms with E-state index >= 15 is 0 Å². The molecule has 0 fully saturated rings. The van der Waals surface area contributed by atoms with Gasteiger partial charge >= 0.3 is 12.0 Å². The van der Waals surface area contributed by atoms with Gasteiger partial charge in [0.05, 0.1) is 0 Å². The summed E-state index contributed by atoms with van der Waals surface area (Å²) in [6, 6.07) is 4.38. The molecule has 0 bridgehead atoms. The van der Waals surface area contributed by atoms with Crippen molar-refractivity contribution in [3.63, 3.8) is 0 Å². The van der Waals surface area contributed by atoms with Gasteiger partial charge in [-0.05, 0) is 18.2 Å². The monoisotopic (exact) mass is 253 g/mol. The van der Waals surface area contributed by atoms with Crippen LogP contribution < -0.4 is 4.74 Å². The lowest BCUT2D eigenvalue weighted by molar-refractivity contribution is 0.0694. The average Bonchev–Trinajstić information content (AvgIpc) is 2.66. The number of ether oxygens (including phenoxy) is 1. The van der Waals surface area contributed by atoms with E-state index in [2.05, 4.69) is 10.1 Å². The van der Waals surface area contributed by atoms with Crippen LogP contribution >= 0.6 is 11.6 Å². The number of halogens is 1. The number of hydrogen-bond acceptors (Lipinski definition) is 4. The van der Waals surface area contributed by atoms with E-state index in [4.69, 9.17) is 21.4 Å². The van der Waals surface area contributed by atoms with Crippen LogP contribution in [0.25, 0.3) is 0 Å².